The molecule has 0 aliphatic rings. The maximum atomic E-state index is 5.21. The van der Waals surface area contributed by atoms with E-state index in [0.29, 0.717) is 34.9 Å². The summed E-state index contributed by atoms with van der Waals surface area (Å²) in [7, 11) is 0. The minimum atomic E-state index is 0.558. The lowest BCUT2D eigenvalue weighted by atomic mass is 10.0. The highest BCUT2D eigenvalue weighted by Crippen LogP contribution is 2.39. The lowest BCUT2D eigenvalue weighted by molar-refractivity contribution is 1.06. The Morgan fingerprint density at radius 3 is 1.26 bits per heavy atom. The molecule has 0 unspecified atom stereocenters. The van der Waals surface area contributed by atoms with Crippen LogP contribution >= 0.6 is 0 Å². The van der Waals surface area contributed by atoms with Crippen LogP contribution in [0.3, 0.4) is 0 Å². The summed E-state index contributed by atoms with van der Waals surface area (Å²) in [4.78, 5) is 34.9. The maximum Gasteiger partial charge on any atom is 0.166 e. The van der Waals surface area contributed by atoms with Gasteiger partial charge < -0.3 is 4.57 Å². The second kappa shape index (κ2) is 15.4. The molecule has 61 heavy (non-hydrogen) atoms. The van der Waals surface area contributed by atoms with E-state index in [9.17, 15) is 0 Å². The third kappa shape index (κ3) is 6.78. The zero-order valence-electron chi connectivity index (χ0n) is 32.7. The fourth-order valence-electron chi connectivity index (χ4n) is 7.86. The van der Waals surface area contributed by atoms with E-state index in [1.165, 1.54) is 0 Å². The molecule has 0 fully saturated rings. The van der Waals surface area contributed by atoms with Crippen molar-refractivity contribution in [1.29, 1.82) is 0 Å². The third-order valence-corrected chi connectivity index (χ3v) is 10.8. The van der Waals surface area contributed by atoms with Crippen molar-refractivity contribution in [1.82, 2.24) is 39.5 Å². The van der Waals surface area contributed by atoms with E-state index in [1.54, 1.807) is 6.20 Å². The van der Waals surface area contributed by atoms with E-state index in [0.717, 1.165) is 72.0 Å². The predicted molar refractivity (Wildman–Crippen MR) is 243 cm³/mol. The molecule has 4 aromatic heterocycles. The molecule has 0 saturated carbocycles. The maximum absolute atomic E-state index is 5.21. The van der Waals surface area contributed by atoms with Crippen molar-refractivity contribution in [3.63, 3.8) is 0 Å². The lowest BCUT2D eigenvalue weighted by Gasteiger charge is -2.16. The Balaban J connectivity index is 1.14. The van der Waals surface area contributed by atoms with Gasteiger partial charge in [-0.2, -0.15) is 0 Å². The molecule has 4 heterocycles. The van der Waals surface area contributed by atoms with Gasteiger partial charge in [-0.15, -0.1) is 0 Å². The van der Waals surface area contributed by atoms with Gasteiger partial charge in [0.05, 0.1) is 16.7 Å². The Morgan fingerprint density at radius 2 is 0.738 bits per heavy atom. The summed E-state index contributed by atoms with van der Waals surface area (Å²) in [6.45, 7) is 0. The van der Waals surface area contributed by atoms with Gasteiger partial charge in [0.15, 0.2) is 34.9 Å². The number of fused-ring (bicyclic) bond motifs is 3. The average molecular weight is 783 g/mol. The predicted octanol–water partition coefficient (Wildman–Crippen LogP) is 12.2. The van der Waals surface area contributed by atoms with Crippen LogP contribution < -0.4 is 0 Å². The summed E-state index contributed by atoms with van der Waals surface area (Å²) in [6, 6.07) is 65.7. The summed E-state index contributed by atoms with van der Waals surface area (Å²) >= 11 is 0. The standard InChI is InChI=1S/C53H34N8/c1-5-16-35(17-6-1)48-55-49(36-18-7-2-8-19-36)58-52(57-48)40-28-30-46-43(33-40)42-25-13-14-26-45(42)61(46)47-29-27-39(41-24-15-31-54-34-41)32-44(47)53-59-50(37-20-9-3-10-21-37)56-51(60-53)38-22-11-4-12-23-38/h1-34H. The van der Waals surface area contributed by atoms with Gasteiger partial charge >= 0.3 is 0 Å². The van der Waals surface area contributed by atoms with Crippen molar-refractivity contribution in [2.45, 2.75) is 0 Å². The van der Waals surface area contributed by atoms with Crippen molar-refractivity contribution in [2.75, 3.05) is 0 Å². The van der Waals surface area contributed by atoms with Crippen molar-refractivity contribution in [2.24, 2.45) is 0 Å². The van der Waals surface area contributed by atoms with E-state index in [2.05, 4.69) is 76.3 Å². The summed E-state index contributed by atoms with van der Waals surface area (Å²) in [5.74, 6) is 3.58. The Morgan fingerprint density at radius 1 is 0.295 bits per heavy atom. The second-order valence-electron chi connectivity index (χ2n) is 14.6. The average Bonchev–Trinajstić information content (AvgIpc) is 3.68. The topological polar surface area (TPSA) is 95.2 Å². The zero-order chi connectivity index (χ0) is 40.5. The van der Waals surface area contributed by atoms with E-state index < -0.39 is 0 Å². The minimum absolute atomic E-state index is 0.558. The number of nitrogens with zero attached hydrogens (tertiary/aromatic N) is 8. The SMILES string of the molecule is c1ccc(-c2nc(-c3ccccc3)nc(-c3ccc4c(c3)c3ccccc3n4-c3ccc(-c4cccnc4)cc3-c3nc(-c4ccccc4)nc(-c4ccccc4)n3)n2)cc1. The molecule has 8 nitrogen and oxygen atoms in total. The molecule has 0 amide bonds. The number of hydrogen-bond acceptors (Lipinski definition) is 7. The van der Waals surface area contributed by atoms with Gasteiger partial charge in [-0.3, -0.25) is 4.98 Å². The molecule has 0 aliphatic heterocycles. The Bertz CT molecular complexity index is 3220. The van der Waals surface area contributed by atoms with Crippen LogP contribution in [0.4, 0.5) is 0 Å². The molecule has 11 aromatic rings. The smallest absolute Gasteiger partial charge is 0.166 e. The molecule has 0 N–H and O–H groups in total. The lowest BCUT2D eigenvalue weighted by Crippen LogP contribution is -2.04. The van der Waals surface area contributed by atoms with Crippen LogP contribution in [0.25, 0.3) is 107 Å². The van der Waals surface area contributed by atoms with Crippen LogP contribution in [0.2, 0.25) is 0 Å². The Labute approximate surface area is 351 Å². The van der Waals surface area contributed by atoms with Crippen molar-refractivity contribution in [3.8, 4) is 85.1 Å². The minimum Gasteiger partial charge on any atom is -0.309 e. The van der Waals surface area contributed by atoms with E-state index in [4.69, 9.17) is 29.9 Å². The molecule has 0 aliphatic carbocycles. The number of aromatic nitrogens is 8. The van der Waals surface area contributed by atoms with Crippen LogP contribution in [-0.4, -0.2) is 39.5 Å². The quantitative estimate of drug-likeness (QED) is 0.151. The first-order valence-electron chi connectivity index (χ1n) is 20.1. The van der Waals surface area contributed by atoms with Crippen LogP contribution in [0.5, 0.6) is 0 Å². The van der Waals surface area contributed by atoms with Crippen molar-refractivity contribution in [3.05, 3.63) is 207 Å². The van der Waals surface area contributed by atoms with E-state index in [-0.39, 0.29) is 0 Å². The van der Waals surface area contributed by atoms with Crippen LogP contribution in [-0.2, 0) is 0 Å². The summed E-state index contributed by atoms with van der Waals surface area (Å²) < 4.78 is 2.31. The third-order valence-electron chi connectivity index (χ3n) is 10.8. The highest BCUT2D eigenvalue weighted by Gasteiger charge is 2.21. The number of pyridine rings is 1. The van der Waals surface area contributed by atoms with Crippen molar-refractivity contribution < 1.29 is 0 Å². The highest BCUT2D eigenvalue weighted by molar-refractivity contribution is 6.11. The van der Waals surface area contributed by atoms with Gasteiger partial charge in [0, 0.05) is 62.1 Å². The second-order valence-corrected chi connectivity index (χ2v) is 14.6. The Kier molecular flexibility index (Phi) is 8.98. The number of para-hydroxylation sites is 1. The van der Waals surface area contributed by atoms with E-state index in [1.807, 2.05) is 134 Å². The Hall–Kier alpha value is -8.49. The summed E-state index contributed by atoms with van der Waals surface area (Å²) in [5, 5.41) is 2.15. The summed E-state index contributed by atoms with van der Waals surface area (Å²) in [6.07, 6.45) is 3.67. The zero-order valence-corrected chi connectivity index (χ0v) is 32.7. The first-order valence-corrected chi connectivity index (χ1v) is 20.1. The van der Waals surface area contributed by atoms with Gasteiger partial charge in [0.25, 0.3) is 0 Å². The van der Waals surface area contributed by atoms with Gasteiger partial charge in [-0.25, -0.2) is 29.9 Å². The van der Waals surface area contributed by atoms with Crippen LogP contribution in [0, 0.1) is 0 Å². The molecule has 7 aromatic carbocycles. The number of hydrogen-bond donors (Lipinski definition) is 0. The molecule has 0 spiro atoms. The first-order chi connectivity index (χ1) is 30.2. The van der Waals surface area contributed by atoms with E-state index >= 15 is 0 Å². The summed E-state index contributed by atoms with van der Waals surface area (Å²) in [5.41, 5.74) is 10.4. The molecule has 0 bridgehead atoms. The van der Waals surface area contributed by atoms with Crippen molar-refractivity contribution >= 4 is 21.8 Å². The van der Waals surface area contributed by atoms with Gasteiger partial charge in [0.1, 0.15) is 0 Å². The molecular formula is C53H34N8. The van der Waals surface area contributed by atoms with Crippen LogP contribution in [0.15, 0.2) is 207 Å². The molecule has 286 valence electrons. The number of benzene rings is 7. The first kappa shape index (κ1) is 35.7. The molecule has 0 radical (unpaired) electrons. The van der Waals surface area contributed by atoms with Gasteiger partial charge in [-0.1, -0.05) is 152 Å². The molecule has 0 atom stereocenters. The van der Waals surface area contributed by atoms with Gasteiger partial charge in [-0.05, 0) is 48.0 Å². The number of rotatable bonds is 8. The normalized spacial score (nSPS) is 11.3. The fourth-order valence-corrected chi connectivity index (χ4v) is 7.86. The highest BCUT2D eigenvalue weighted by atomic mass is 15.1. The molecular weight excluding hydrogens is 749 g/mol. The monoisotopic (exact) mass is 782 g/mol. The molecule has 0 saturated heterocycles. The largest absolute Gasteiger partial charge is 0.309 e. The fraction of sp³-hybridized carbons (Fsp3) is 0. The molecule has 8 heteroatoms. The molecule has 11 rings (SSSR count). The van der Waals surface area contributed by atoms with Gasteiger partial charge in [0.2, 0.25) is 0 Å². The van der Waals surface area contributed by atoms with Crippen LogP contribution in [0.1, 0.15) is 0 Å².